The van der Waals surface area contributed by atoms with Crippen LogP contribution in [0.25, 0.3) is 0 Å². The molecule has 3 rings (SSSR count). The zero-order valence-corrected chi connectivity index (χ0v) is 16.6. The number of thioether (sulfide) groups is 1. The summed E-state index contributed by atoms with van der Waals surface area (Å²) in [7, 11) is 0. The molecule has 0 unspecified atom stereocenters. The molecule has 1 amide bonds. The van der Waals surface area contributed by atoms with Crippen molar-refractivity contribution >= 4 is 35.8 Å². The molecule has 1 saturated heterocycles. The summed E-state index contributed by atoms with van der Waals surface area (Å²) in [6.45, 7) is 2.80. The Morgan fingerprint density at radius 2 is 1.96 bits per heavy atom. The molecule has 1 heterocycles. The zero-order valence-electron chi connectivity index (χ0n) is 14.9. The molecule has 1 fully saturated rings. The molecule has 0 saturated carbocycles. The van der Waals surface area contributed by atoms with Crippen molar-refractivity contribution in [2.45, 2.75) is 10.8 Å². The van der Waals surface area contributed by atoms with Gasteiger partial charge in [0.25, 0.3) is 0 Å². The first-order valence-corrected chi connectivity index (χ1v) is 9.83. The summed E-state index contributed by atoms with van der Waals surface area (Å²) in [6.07, 6.45) is 2.03. The molecule has 2 aromatic carbocycles. The van der Waals surface area contributed by atoms with Crippen molar-refractivity contribution in [3.05, 3.63) is 60.2 Å². The lowest BCUT2D eigenvalue weighted by Crippen LogP contribution is -2.32. The van der Waals surface area contributed by atoms with Gasteiger partial charge in [0.1, 0.15) is 0 Å². The second-order valence-electron chi connectivity index (χ2n) is 6.49. The highest BCUT2D eigenvalue weighted by Gasteiger charge is 2.33. The van der Waals surface area contributed by atoms with Crippen LogP contribution in [0.1, 0.15) is 11.5 Å². The minimum absolute atomic E-state index is 0. The predicted molar refractivity (Wildman–Crippen MR) is 112 cm³/mol. The van der Waals surface area contributed by atoms with Crippen LogP contribution in [0.3, 0.4) is 0 Å². The van der Waals surface area contributed by atoms with Gasteiger partial charge in [-0.3, -0.25) is 9.69 Å². The average Bonchev–Trinajstić information content (AvgIpc) is 3.05. The van der Waals surface area contributed by atoms with Gasteiger partial charge in [0.05, 0.1) is 6.54 Å². The molecule has 1 aliphatic rings. The van der Waals surface area contributed by atoms with Gasteiger partial charge in [-0.05, 0) is 42.5 Å². The maximum absolute atomic E-state index is 12.4. The Balaban J connectivity index is 0.00000243. The largest absolute Gasteiger partial charge is 0.330 e. The van der Waals surface area contributed by atoms with Crippen LogP contribution >= 0.6 is 24.2 Å². The van der Waals surface area contributed by atoms with Gasteiger partial charge in [-0.15, -0.1) is 24.2 Å². The Morgan fingerprint density at radius 3 is 2.65 bits per heavy atom. The Hall–Kier alpha value is -1.53. The van der Waals surface area contributed by atoms with Crippen molar-refractivity contribution in [1.82, 2.24) is 4.90 Å². The van der Waals surface area contributed by atoms with Crippen LogP contribution in [-0.2, 0) is 4.79 Å². The monoisotopic (exact) mass is 391 g/mol. The number of hydrogen-bond acceptors (Lipinski definition) is 4. The van der Waals surface area contributed by atoms with E-state index in [1.807, 2.05) is 36.6 Å². The number of carbonyl (C=O) groups excluding carboxylic acids is 1. The zero-order chi connectivity index (χ0) is 17.6. The van der Waals surface area contributed by atoms with Gasteiger partial charge >= 0.3 is 0 Å². The second kappa shape index (κ2) is 9.97. The standard InChI is InChI=1S/C20H25N3OS.ClH/c1-25-18-9-5-8-17(10-18)22-20(24)14-23-12-16(11-21)19(13-23)15-6-3-2-4-7-15;/h2-10,16,19H,11-14,21H2,1H3,(H,22,24);1H/t16-,19+;/m1./s1. The number of halogens is 1. The number of amides is 1. The Morgan fingerprint density at radius 1 is 1.19 bits per heavy atom. The topological polar surface area (TPSA) is 58.4 Å². The molecule has 3 N–H and O–H groups in total. The summed E-state index contributed by atoms with van der Waals surface area (Å²) in [5, 5.41) is 3.01. The van der Waals surface area contributed by atoms with Gasteiger partial charge in [-0.1, -0.05) is 36.4 Å². The fourth-order valence-electron chi connectivity index (χ4n) is 3.51. The molecule has 0 radical (unpaired) electrons. The average molecular weight is 392 g/mol. The quantitative estimate of drug-likeness (QED) is 0.740. The summed E-state index contributed by atoms with van der Waals surface area (Å²) in [5.41, 5.74) is 8.15. The number of benzene rings is 2. The molecule has 2 atom stereocenters. The summed E-state index contributed by atoms with van der Waals surface area (Å²) in [4.78, 5) is 15.8. The van der Waals surface area contributed by atoms with Crippen molar-refractivity contribution in [3.63, 3.8) is 0 Å². The highest BCUT2D eigenvalue weighted by Crippen LogP contribution is 2.31. The molecule has 0 spiro atoms. The third-order valence-corrected chi connectivity index (χ3v) is 5.49. The van der Waals surface area contributed by atoms with E-state index < -0.39 is 0 Å². The lowest BCUT2D eigenvalue weighted by Gasteiger charge is -2.16. The van der Waals surface area contributed by atoms with E-state index in [1.165, 1.54) is 5.56 Å². The Kier molecular flexibility index (Phi) is 7.97. The van der Waals surface area contributed by atoms with Gasteiger partial charge in [-0.2, -0.15) is 0 Å². The van der Waals surface area contributed by atoms with Crippen molar-refractivity contribution in [3.8, 4) is 0 Å². The van der Waals surface area contributed by atoms with Gasteiger partial charge in [0, 0.05) is 29.6 Å². The number of nitrogens with one attached hydrogen (secondary N) is 1. The number of nitrogens with two attached hydrogens (primary N) is 1. The van der Waals surface area contributed by atoms with E-state index in [-0.39, 0.29) is 18.3 Å². The molecular weight excluding hydrogens is 366 g/mol. The maximum Gasteiger partial charge on any atom is 0.238 e. The fraction of sp³-hybridized carbons (Fsp3) is 0.350. The van der Waals surface area contributed by atoms with Crippen LogP contribution in [0, 0.1) is 5.92 Å². The number of rotatable bonds is 6. The SMILES string of the molecule is CSc1cccc(NC(=O)CN2C[C@@H](CN)[C@H](c3ccccc3)C2)c1.Cl. The van der Waals surface area contributed by atoms with Crippen LogP contribution in [0.4, 0.5) is 5.69 Å². The third-order valence-electron chi connectivity index (χ3n) is 4.77. The fourth-order valence-corrected chi connectivity index (χ4v) is 3.97. The summed E-state index contributed by atoms with van der Waals surface area (Å²) in [5.74, 6) is 0.830. The predicted octanol–water partition coefficient (Wildman–Crippen LogP) is 3.44. The van der Waals surface area contributed by atoms with Gasteiger partial charge in [0.2, 0.25) is 5.91 Å². The smallest absolute Gasteiger partial charge is 0.238 e. The second-order valence-corrected chi connectivity index (χ2v) is 7.37. The van der Waals surface area contributed by atoms with Gasteiger partial charge in [-0.25, -0.2) is 0 Å². The van der Waals surface area contributed by atoms with E-state index in [1.54, 1.807) is 11.8 Å². The van der Waals surface area contributed by atoms with E-state index in [0.717, 1.165) is 23.7 Å². The lowest BCUT2D eigenvalue weighted by molar-refractivity contribution is -0.117. The van der Waals surface area contributed by atoms with Crippen LogP contribution in [0.15, 0.2) is 59.5 Å². The van der Waals surface area contributed by atoms with Gasteiger partial charge < -0.3 is 11.1 Å². The van der Waals surface area contributed by atoms with E-state index in [2.05, 4.69) is 34.5 Å². The summed E-state index contributed by atoms with van der Waals surface area (Å²) >= 11 is 1.67. The molecule has 1 aliphatic heterocycles. The minimum Gasteiger partial charge on any atom is -0.330 e. The molecule has 6 heteroatoms. The highest BCUT2D eigenvalue weighted by atomic mass is 35.5. The summed E-state index contributed by atoms with van der Waals surface area (Å²) in [6, 6.07) is 18.4. The Bertz CT molecular complexity index is 713. The van der Waals surface area contributed by atoms with E-state index in [0.29, 0.717) is 24.9 Å². The van der Waals surface area contributed by atoms with Crippen molar-refractivity contribution in [1.29, 1.82) is 0 Å². The number of nitrogens with zero attached hydrogens (tertiary/aromatic N) is 1. The first kappa shape index (κ1) is 20.8. The lowest BCUT2D eigenvalue weighted by atomic mass is 9.89. The van der Waals surface area contributed by atoms with Crippen LogP contribution < -0.4 is 11.1 Å². The molecule has 2 aromatic rings. The number of hydrogen-bond donors (Lipinski definition) is 2. The molecule has 140 valence electrons. The minimum atomic E-state index is 0. The Labute approximate surface area is 165 Å². The molecule has 26 heavy (non-hydrogen) atoms. The van der Waals surface area contributed by atoms with E-state index in [9.17, 15) is 4.79 Å². The number of likely N-dealkylation sites (tertiary alicyclic amines) is 1. The van der Waals surface area contributed by atoms with E-state index in [4.69, 9.17) is 5.73 Å². The van der Waals surface area contributed by atoms with Crippen molar-refractivity contribution in [2.75, 3.05) is 37.8 Å². The molecule has 0 bridgehead atoms. The maximum atomic E-state index is 12.4. The highest BCUT2D eigenvalue weighted by molar-refractivity contribution is 7.98. The van der Waals surface area contributed by atoms with E-state index >= 15 is 0 Å². The van der Waals surface area contributed by atoms with Crippen molar-refractivity contribution in [2.24, 2.45) is 11.7 Å². The van der Waals surface area contributed by atoms with Crippen LogP contribution in [0.5, 0.6) is 0 Å². The molecule has 4 nitrogen and oxygen atoms in total. The van der Waals surface area contributed by atoms with Crippen LogP contribution in [-0.4, -0.2) is 43.2 Å². The molecule has 0 aromatic heterocycles. The number of anilines is 1. The first-order chi connectivity index (χ1) is 12.2. The molecular formula is C20H26ClN3OS. The third kappa shape index (κ3) is 5.24. The molecule has 0 aliphatic carbocycles. The van der Waals surface area contributed by atoms with Crippen LogP contribution in [0.2, 0.25) is 0 Å². The normalized spacial score (nSPS) is 19.8. The summed E-state index contributed by atoms with van der Waals surface area (Å²) < 4.78 is 0. The van der Waals surface area contributed by atoms with Crippen molar-refractivity contribution < 1.29 is 4.79 Å². The number of carbonyl (C=O) groups is 1. The first-order valence-electron chi connectivity index (χ1n) is 8.61. The van der Waals surface area contributed by atoms with Gasteiger partial charge in [0.15, 0.2) is 0 Å².